The van der Waals surface area contributed by atoms with Crippen molar-refractivity contribution in [1.82, 2.24) is 9.97 Å². The Balaban J connectivity index is 1.99. The van der Waals surface area contributed by atoms with Gasteiger partial charge in [-0.25, -0.2) is 9.97 Å². The minimum Gasteiger partial charge on any atom is -0.394 e. The molecule has 2 N–H and O–H groups in total. The fraction of sp³-hybridized carbons (Fsp3) is 0. The van der Waals surface area contributed by atoms with Crippen molar-refractivity contribution >= 4 is 39.8 Å². The second kappa shape index (κ2) is 5.07. The molecule has 94 valence electrons. The van der Waals surface area contributed by atoms with E-state index < -0.39 is 0 Å². The van der Waals surface area contributed by atoms with Crippen LogP contribution in [0, 0.1) is 0 Å². The molecule has 3 aromatic rings. The van der Waals surface area contributed by atoms with Gasteiger partial charge in [0, 0.05) is 4.90 Å². The van der Waals surface area contributed by atoms with Crippen LogP contribution in [0.2, 0.25) is 5.15 Å². The number of benzene rings is 2. The van der Waals surface area contributed by atoms with E-state index in [2.05, 4.69) is 34.2 Å². The van der Waals surface area contributed by atoms with Crippen LogP contribution in [0.15, 0.2) is 58.7 Å². The van der Waals surface area contributed by atoms with Gasteiger partial charge in [-0.15, -0.1) is 0 Å². The Morgan fingerprint density at radius 2 is 1.79 bits per heavy atom. The zero-order valence-corrected chi connectivity index (χ0v) is 11.4. The highest BCUT2D eigenvalue weighted by Gasteiger charge is 2.08. The van der Waals surface area contributed by atoms with Crippen molar-refractivity contribution in [1.29, 1.82) is 0 Å². The van der Waals surface area contributed by atoms with E-state index in [1.54, 1.807) is 0 Å². The molecule has 19 heavy (non-hydrogen) atoms. The summed E-state index contributed by atoms with van der Waals surface area (Å²) in [6, 6.07) is 14.4. The van der Waals surface area contributed by atoms with Gasteiger partial charge in [0.1, 0.15) is 17.0 Å². The smallest absolute Gasteiger partial charge is 0.156 e. The maximum atomic E-state index is 5.89. The van der Waals surface area contributed by atoms with Crippen molar-refractivity contribution in [2.45, 2.75) is 9.92 Å². The number of anilines is 1. The molecule has 3 rings (SSSR count). The largest absolute Gasteiger partial charge is 0.394 e. The molecule has 0 saturated carbocycles. The maximum Gasteiger partial charge on any atom is 0.156 e. The molecule has 0 aliphatic heterocycles. The fourth-order valence-corrected chi connectivity index (χ4v) is 2.82. The van der Waals surface area contributed by atoms with Crippen molar-refractivity contribution in [2.24, 2.45) is 0 Å². The lowest BCUT2D eigenvalue weighted by Gasteiger charge is -2.06. The Hall–Kier alpha value is -1.78. The first kappa shape index (κ1) is 12.3. The number of hydrogen-bond donors (Lipinski definition) is 1. The highest BCUT2D eigenvalue weighted by Crippen LogP contribution is 2.34. The van der Waals surface area contributed by atoms with Crippen LogP contribution in [0.3, 0.4) is 0 Å². The Kier molecular flexibility index (Phi) is 3.27. The molecule has 3 nitrogen and oxygen atoms in total. The van der Waals surface area contributed by atoms with Crippen LogP contribution < -0.4 is 5.73 Å². The molecule has 0 aliphatic rings. The lowest BCUT2D eigenvalue weighted by molar-refractivity contribution is 1.06. The maximum absolute atomic E-state index is 5.89. The number of nitrogens with two attached hydrogens (primary N) is 1. The van der Waals surface area contributed by atoms with Crippen LogP contribution in [-0.4, -0.2) is 9.97 Å². The van der Waals surface area contributed by atoms with Gasteiger partial charge in [0.25, 0.3) is 0 Å². The minimum atomic E-state index is 0.290. The van der Waals surface area contributed by atoms with Gasteiger partial charge >= 0.3 is 0 Å². The average molecular weight is 288 g/mol. The van der Waals surface area contributed by atoms with Gasteiger partial charge in [0.2, 0.25) is 0 Å². The van der Waals surface area contributed by atoms with E-state index >= 15 is 0 Å². The number of rotatable bonds is 2. The summed E-state index contributed by atoms with van der Waals surface area (Å²) in [4.78, 5) is 9.07. The Morgan fingerprint density at radius 1 is 1.00 bits per heavy atom. The molecule has 0 spiro atoms. The molecule has 0 unspecified atom stereocenters. The molecular weight excluding hydrogens is 278 g/mol. The summed E-state index contributed by atoms with van der Waals surface area (Å²) in [6.07, 6.45) is 1.42. The zero-order chi connectivity index (χ0) is 13.2. The molecule has 0 fully saturated rings. The first-order valence-corrected chi connectivity index (χ1v) is 6.86. The third kappa shape index (κ3) is 2.50. The van der Waals surface area contributed by atoms with Gasteiger partial charge in [0.15, 0.2) is 5.15 Å². The van der Waals surface area contributed by atoms with Gasteiger partial charge in [0.05, 0.1) is 0 Å². The first-order valence-electron chi connectivity index (χ1n) is 5.66. The summed E-state index contributed by atoms with van der Waals surface area (Å²) >= 11 is 7.37. The van der Waals surface area contributed by atoms with E-state index in [0.717, 1.165) is 4.90 Å². The summed E-state index contributed by atoms with van der Waals surface area (Å²) < 4.78 is 0. The highest BCUT2D eigenvalue weighted by atomic mass is 35.5. The predicted octanol–water partition coefficient (Wildman–Crippen LogP) is 4.02. The molecule has 0 bridgehead atoms. The quantitative estimate of drug-likeness (QED) is 0.723. The molecule has 5 heteroatoms. The SMILES string of the molecule is Nc1c(Cl)ncnc1Sc1ccc2ccccc2c1. The highest BCUT2D eigenvalue weighted by molar-refractivity contribution is 7.99. The molecule has 0 radical (unpaired) electrons. The van der Waals surface area contributed by atoms with Gasteiger partial charge in [-0.05, 0) is 22.9 Å². The number of hydrogen-bond acceptors (Lipinski definition) is 4. The fourth-order valence-electron chi connectivity index (χ4n) is 1.78. The lowest BCUT2D eigenvalue weighted by atomic mass is 10.1. The van der Waals surface area contributed by atoms with Crippen LogP contribution in [0.5, 0.6) is 0 Å². The number of halogens is 1. The molecule has 0 aliphatic carbocycles. The molecule has 2 aromatic carbocycles. The number of aromatic nitrogens is 2. The van der Waals surface area contributed by atoms with Crippen LogP contribution >= 0.6 is 23.4 Å². The van der Waals surface area contributed by atoms with E-state index in [9.17, 15) is 0 Å². The summed E-state index contributed by atoms with van der Waals surface area (Å²) in [5, 5.41) is 3.36. The second-order valence-corrected chi connectivity index (χ2v) is 5.41. The summed E-state index contributed by atoms with van der Waals surface area (Å²) in [7, 11) is 0. The van der Waals surface area contributed by atoms with Gasteiger partial charge in [-0.3, -0.25) is 0 Å². The van der Waals surface area contributed by atoms with E-state index in [1.165, 1.54) is 28.9 Å². The van der Waals surface area contributed by atoms with E-state index in [-0.39, 0.29) is 0 Å². The predicted molar refractivity (Wildman–Crippen MR) is 79.5 cm³/mol. The molecule has 0 amide bonds. The molecule has 0 atom stereocenters. The molecular formula is C14H10ClN3S. The zero-order valence-electron chi connectivity index (χ0n) is 9.88. The Labute approximate surface area is 119 Å². The third-order valence-corrected chi connectivity index (χ3v) is 4.04. The monoisotopic (exact) mass is 287 g/mol. The summed E-state index contributed by atoms with van der Waals surface area (Å²) in [6.45, 7) is 0. The van der Waals surface area contributed by atoms with Crippen molar-refractivity contribution in [2.75, 3.05) is 5.73 Å². The van der Waals surface area contributed by atoms with Crippen LogP contribution in [-0.2, 0) is 0 Å². The Morgan fingerprint density at radius 3 is 2.63 bits per heavy atom. The van der Waals surface area contributed by atoms with Gasteiger partial charge in [-0.1, -0.05) is 53.7 Å². The van der Waals surface area contributed by atoms with Crippen LogP contribution in [0.25, 0.3) is 10.8 Å². The van der Waals surface area contributed by atoms with Crippen LogP contribution in [0.4, 0.5) is 5.69 Å². The molecule has 1 heterocycles. The van der Waals surface area contributed by atoms with E-state index in [4.69, 9.17) is 17.3 Å². The third-order valence-electron chi connectivity index (χ3n) is 2.73. The summed E-state index contributed by atoms with van der Waals surface area (Å²) in [5.74, 6) is 0. The van der Waals surface area contributed by atoms with Gasteiger partial charge < -0.3 is 5.73 Å². The van der Waals surface area contributed by atoms with Crippen molar-refractivity contribution < 1.29 is 0 Å². The van der Waals surface area contributed by atoms with Crippen molar-refractivity contribution in [3.8, 4) is 0 Å². The Bertz CT molecular complexity index is 746. The van der Waals surface area contributed by atoms with Crippen molar-refractivity contribution in [3.05, 3.63) is 53.9 Å². The standard InChI is InChI=1S/C14H10ClN3S/c15-13-12(16)14(18-8-17-13)19-11-6-5-9-3-1-2-4-10(9)7-11/h1-8H,16H2. The number of nitrogens with zero attached hydrogens (tertiary/aromatic N) is 2. The average Bonchev–Trinajstić information content (AvgIpc) is 2.44. The normalized spacial score (nSPS) is 10.8. The van der Waals surface area contributed by atoms with Gasteiger partial charge in [-0.2, -0.15) is 0 Å². The lowest BCUT2D eigenvalue weighted by Crippen LogP contribution is -1.94. The second-order valence-electron chi connectivity index (χ2n) is 3.99. The first-order chi connectivity index (χ1) is 9.24. The molecule has 1 aromatic heterocycles. The van der Waals surface area contributed by atoms with E-state index in [1.807, 2.05) is 18.2 Å². The van der Waals surface area contributed by atoms with Crippen LogP contribution in [0.1, 0.15) is 0 Å². The molecule has 0 saturated heterocycles. The number of nitrogen functional groups attached to an aromatic ring is 1. The number of fused-ring (bicyclic) bond motifs is 1. The minimum absolute atomic E-state index is 0.290. The topological polar surface area (TPSA) is 51.8 Å². The summed E-state index contributed by atoms with van der Waals surface area (Å²) in [5.41, 5.74) is 6.28. The van der Waals surface area contributed by atoms with E-state index in [0.29, 0.717) is 15.9 Å². The van der Waals surface area contributed by atoms with Crippen molar-refractivity contribution in [3.63, 3.8) is 0 Å².